The van der Waals surface area contributed by atoms with Crippen LogP contribution in [0.15, 0.2) is 35.0 Å². The van der Waals surface area contributed by atoms with E-state index in [0.717, 1.165) is 42.5 Å². The van der Waals surface area contributed by atoms with Crippen molar-refractivity contribution in [1.82, 2.24) is 15.5 Å². The molecule has 0 spiro atoms. The lowest BCUT2D eigenvalue weighted by molar-refractivity contribution is 0.0944. The fourth-order valence-corrected chi connectivity index (χ4v) is 3.49. The molecule has 2 N–H and O–H groups in total. The maximum Gasteiger partial charge on any atom is 0.273 e. The van der Waals surface area contributed by atoms with Gasteiger partial charge in [0.1, 0.15) is 5.76 Å². The second-order valence-corrected chi connectivity index (χ2v) is 6.65. The summed E-state index contributed by atoms with van der Waals surface area (Å²) in [5.41, 5.74) is 3.80. The van der Waals surface area contributed by atoms with E-state index >= 15 is 0 Å². The molecule has 0 bridgehead atoms. The summed E-state index contributed by atoms with van der Waals surface area (Å²) < 4.78 is 5.35. The molecule has 5 heteroatoms. The van der Waals surface area contributed by atoms with Crippen LogP contribution in [-0.2, 0) is 19.3 Å². The minimum Gasteiger partial charge on any atom is -0.361 e. The van der Waals surface area contributed by atoms with Crippen molar-refractivity contribution < 1.29 is 9.32 Å². The van der Waals surface area contributed by atoms with Gasteiger partial charge in [-0.2, -0.15) is 0 Å². The van der Waals surface area contributed by atoms with E-state index in [1.54, 1.807) is 0 Å². The number of nitrogens with one attached hydrogen (secondary N) is 2. The molecule has 2 heterocycles. The summed E-state index contributed by atoms with van der Waals surface area (Å²) in [6.45, 7) is 2.78. The lowest BCUT2D eigenvalue weighted by Crippen LogP contribution is -2.27. The number of aryl methyl sites for hydroxylation is 1. The first-order valence-electron chi connectivity index (χ1n) is 8.53. The number of hydrogen-bond acceptors (Lipinski definition) is 3. The van der Waals surface area contributed by atoms with E-state index in [0.29, 0.717) is 18.2 Å². The van der Waals surface area contributed by atoms with Gasteiger partial charge in [-0.1, -0.05) is 30.3 Å². The van der Waals surface area contributed by atoms with Crippen LogP contribution in [0.25, 0.3) is 10.9 Å². The molecule has 1 amide bonds. The Bertz CT molecular complexity index is 878. The Hall–Kier alpha value is -2.56. The van der Waals surface area contributed by atoms with E-state index in [1.165, 1.54) is 10.9 Å². The number of H-pyrrole nitrogens is 1. The Labute approximate surface area is 140 Å². The minimum absolute atomic E-state index is 0.131. The molecule has 0 radical (unpaired) electrons. The maximum atomic E-state index is 12.4. The number of rotatable bonds is 4. The minimum atomic E-state index is -0.131. The van der Waals surface area contributed by atoms with E-state index in [9.17, 15) is 4.79 Å². The van der Waals surface area contributed by atoms with Gasteiger partial charge in [0, 0.05) is 35.6 Å². The molecule has 124 valence electrons. The average molecular weight is 323 g/mol. The number of fused-ring (bicyclic) bond motifs is 2. The van der Waals surface area contributed by atoms with Crippen molar-refractivity contribution in [2.75, 3.05) is 6.54 Å². The van der Waals surface area contributed by atoms with Crippen molar-refractivity contribution in [3.05, 3.63) is 53.0 Å². The summed E-state index contributed by atoms with van der Waals surface area (Å²) in [5, 5.41) is 8.19. The molecule has 24 heavy (non-hydrogen) atoms. The quantitative estimate of drug-likeness (QED) is 0.774. The zero-order valence-electron chi connectivity index (χ0n) is 13.8. The van der Waals surface area contributed by atoms with Crippen LogP contribution in [0.4, 0.5) is 0 Å². The predicted octanol–water partition coefficient (Wildman–Crippen LogP) is 3.25. The number of hydrogen-bond donors (Lipinski definition) is 2. The van der Waals surface area contributed by atoms with Gasteiger partial charge in [0.25, 0.3) is 5.91 Å². The third-order valence-corrected chi connectivity index (χ3v) is 4.86. The summed E-state index contributed by atoms with van der Waals surface area (Å²) in [4.78, 5) is 15.7. The average Bonchev–Trinajstić information content (AvgIpc) is 3.19. The van der Waals surface area contributed by atoms with Crippen LogP contribution in [0.5, 0.6) is 0 Å². The highest BCUT2D eigenvalue weighted by Gasteiger charge is 2.26. The number of amides is 1. The van der Waals surface area contributed by atoms with Gasteiger partial charge in [0.15, 0.2) is 5.69 Å². The van der Waals surface area contributed by atoms with Crippen molar-refractivity contribution in [2.45, 2.75) is 32.6 Å². The molecule has 0 saturated carbocycles. The van der Waals surface area contributed by atoms with E-state index < -0.39 is 0 Å². The molecule has 3 aromatic rings. The molecule has 0 saturated heterocycles. The summed E-state index contributed by atoms with van der Waals surface area (Å²) in [6.07, 6.45) is 5.66. The van der Waals surface area contributed by atoms with E-state index in [1.807, 2.05) is 18.3 Å². The van der Waals surface area contributed by atoms with Crippen molar-refractivity contribution >= 4 is 16.8 Å². The van der Waals surface area contributed by atoms with E-state index in [-0.39, 0.29) is 5.91 Å². The van der Waals surface area contributed by atoms with Crippen molar-refractivity contribution in [3.8, 4) is 0 Å². The van der Waals surface area contributed by atoms with Crippen molar-refractivity contribution in [3.63, 3.8) is 0 Å². The molecule has 0 aliphatic heterocycles. The molecule has 1 unspecified atom stereocenters. The zero-order chi connectivity index (χ0) is 16.5. The highest BCUT2D eigenvalue weighted by atomic mass is 16.5. The molecule has 1 aromatic carbocycles. The lowest BCUT2D eigenvalue weighted by Gasteiger charge is -2.16. The highest BCUT2D eigenvalue weighted by molar-refractivity contribution is 5.94. The first-order chi connectivity index (χ1) is 11.7. The number of aromatic amines is 1. The fourth-order valence-electron chi connectivity index (χ4n) is 3.49. The Morgan fingerprint density at radius 3 is 3.21 bits per heavy atom. The molecule has 1 aliphatic carbocycles. The second kappa shape index (κ2) is 6.15. The van der Waals surface area contributed by atoms with Gasteiger partial charge in [0.2, 0.25) is 0 Å². The Balaban J connectivity index is 1.41. The standard InChI is InChI=1S/C19H21N3O2/c1-12-6-7-17-15(10-12)18(22-24-17)19(23)20-9-8-13-11-21-16-5-3-2-4-14(13)16/h2-5,11-12,21H,6-10H2,1H3,(H,20,23). The lowest BCUT2D eigenvalue weighted by atomic mass is 9.88. The first-order valence-corrected chi connectivity index (χ1v) is 8.53. The zero-order valence-corrected chi connectivity index (χ0v) is 13.8. The van der Waals surface area contributed by atoms with Gasteiger partial charge < -0.3 is 14.8 Å². The summed E-state index contributed by atoms with van der Waals surface area (Å²) in [5.74, 6) is 1.33. The number of carbonyl (C=O) groups is 1. The largest absolute Gasteiger partial charge is 0.361 e. The molecule has 4 rings (SSSR count). The molecule has 1 atom stereocenters. The Morgan fingerprint density at radius 2 is 2.29 bits per heavy atom. The fraction of sp³-hybridized carbons (Fsp3) is 0.368. The van der Waals surface area contributed by atoms with E-state index in [2.05, 4.69) is 34.5 Å². The molecule has 1 aliphatic rings. The summed E-state index contributed by atoms with van der Waals surface area (Å²) >= 11 is 0. The van der Waals surface area contributed by atoms with Gasteiger partial charge in [0.05, 0.1) is 0 Å². The second-order valence-electron chi connectivity index (χ2n) is 6.65. The third kappa shape index (κ3) is 2.70. The molecule has 2 aromatic heterocycles. The number of carbonyl (C=O) groups excluding carboxylic acids is 1. The predicted molar refractivity (Wildman–Crippen MR) is 92.0 cm³/mol. The normalized spacial score (nSPS) is 17.0. The number of aromatic nitrogens is 2. The van der Waals surface area contributed by atoms with Gasteiger partial charge in [-0.15, -0.1) is 0 Å². The van der Waals surface area contributed by atoms with Gasteiger partial charge in [-0.05, 0) is 36.8 Å². The van der Waals surface area contributed by atoms with Crippen LogP contribution >= 0.6 is 0 Å². The first kappa shape index (κ1) is 15.0. The van der Waals surface area contributed by atoms with Crippen LogP contribution in [0.1, 0.15) is 40.7 Å². The highest BCUT2D eigenvalue weighted by Crippen LogP contribution is 2.27. The maximum absolute atomic E-state index is 12.4. The van der Waals surface area contributed by atoms with Crippen LogP contribution in [0, 0.1) is 5.92 Å². The molecular formula is C19H21N3O2. The van der Waals surface area contributed by atoms with Crippen LogP contribution in [0.3, 0.4) is 0 Å². The summed E-state index contributed by atoms with van der Waals surface area (Å²) in [6, 6.07) is 8.19. The van der Waals surface area contributed by atoms with Crippen LogP contribution < -0.4 is 5.32 Å². The van der Waals surface area contributed by atoms with Crippen LogP contribution in [0.2, 0.25) is 0 Å². The topological polar surface area (TPSA) is 70.9 Å². The molecule has 5 nitrogen and oxygen atoms in total. The van der Waals surface area contributed by atoms with Gasteiger partial charge in [-0.3, -0.25) is 4.79 Å². The number of nitrogens with zero attached hydrogens (tertiary/aromatic N) is 1. The van der Waals surface area contributed by atoms with Crippen molar-refractivity contribution in [2.24, 2.45) is 5.92 Å². The number of benzene rings is 1. The summed E-state index contributed by atoms with van der Waals surface area (Å²) in [7, 11) is 0. The number of para-hydroxylation sites is 1. The molecule has 0 fully saturated rings. The Kier molecular flexibility index (Phi) is 3.84. The van der Waals surface area contributed by atoms with Crippen molar-refractivity contribution in [1.29, 1.82) is 0 Å². The molecular weight excluding hydrogens is 302 g/mol. The third-order valence-electron chi connectivity index (χ3n) is 4.86. The van der Waals surface area contributed by atoms with Gasteiger partial charge >= 0.3 is 0 Å². The Morgan fingerprint density at radius 1 is 1.42 bits per heavy atom. The van der Waals surface area contributed by atoms with E-state index in [4.69, 9.17) is 4.52 Å². The van der Waals surface area contributed by atoms with Crippen LogP contribution in [-0.4, -0.2) is 22.6 Å². The SMILES string of the molecule is CC1CCc2onc(C(=O)NCCc3c[nH]c4ccccc34)c2C1. The monoisotopic (exact) mass is 323 g/mol. The smallest absolute Gasteiger partial charge is 0.273 e. The van der Waals surface area contributed by atoms with Gasteiger partial charge in [-0.25, -0.2) is 0 Å².